The average Bonchev–Trinajstić information content (AvgIpc) is 3.04. The Morgan fingerprint density at radius 3 is 2.50 bits per heavy atom. The summed E-state index contributed by atoms with van der Waals surface area (Å²) in [7, 11) is 0. The van der Waals surface area contributed by atoms with E-state index >= 15 is 0 Å². The largest absolute Gasteiger partial charge is 0.490 e. The summed E-state index contributed by atoms with van der Waals surface area (Å²) >= 11 is 1.38. The first-order valence-corrected chi connectivity index (χ1v) is 11.8. The highest BCUT2D eigenvalue weighted by Crippen LogP contribution is 2.37. The Kier molecular flexibility index (Phi) is 6.69. The van der Waals surface area contributed by atoms with E-state index in [1.54, 1.807) is 0 Å². The van der Waals surface area contributed by atoms with Gasteiger partial charge < -0.3 is 19.4 Å². The zero-order valence-corrected chi connectivity index (χ0v) is 19.7. The summed E-state index contributed by atoms with van der Waals surface area (Å²) in [5.74, 6) is 2.44. The number of nitrogens with zero attached hydrogens (tertiary/aromatic N) is 3. The molecular formula is C24H28N4O3S. The number of anilines is 1. The maximum absolute atomic E-state index is 12.5. The number of amides is 1. The van der Waals surface area contributed by atoms with Crippen molar-refractivity contribution in [3.63, 3.8) is 0 Å². The van der Waals surface area contributed by atoms with E-state index in [4.69, 9.17) is 9.47 Å². The molecule has 0 saturated heterocycles. The van der Waals surface area contributed by atoms with Crippen molar-refractivity contribution in [1.82, 2.24) is 14.8 Å². The van der Waals surface area contributed by atoms with Gasteiger partial charge in [0.25, 0.3) is 0 Å². The predicted molar refractivity (Wildman–Crippen MR) is 127 cm³/mol. The van der Waals surface area contributed by atoms with Gasteiger partial charge in [-0.2, -0.15) is 0 Å². The lowest BCUT2D eigenvalue weighted by Gasteiger charge is -2.13. The van der Waals surface area contributed by atoms with Crippen LogP contribution in [0.2, 0.25) is 0 Å². The van der Waals surface area contributed by atoms with Gasteiger partial charge in [-0.1, -0.05) is 17.8 Å². The number of thioether (sulfide) groups is 1. The Balaban J connectivity index is 1.50. The lowest BCUT2D eigenvalue weighted by Crippen LogP contribution is -2.14. The Hall–Kier alpha value is -3.00. The number of benzene rings is 2. The van der Waals surface area contributed by atoms with Gasteiger partial charge in [-0.3, -0.25) is 4.79 Å². The minimum absolute atomic E-state index is 0.0720. The summed E-state index contributed by atoms with van der Waals surface area (Å²) in [6, 6.07) is 9.89. The second kappa shape index (κ2) is 9.65. The highest BCUT2D eigenvalue weighted by molar-refractivity contribution is 7.99. The Morgan fingerprint density at radius 1 is 1.03 bits per heavy atom. The first-order valence-electron chi connectivity index (χ1n) is 10.8. The zero-order chi connectivity index (χ0) is 22.7. The van der Waals surface area contributed by atoms with E-state index in [2.05, 4.69) is 22.4 Å². The van der Waals surface area contributed by atoms with Crippen molar-refractivity contribution in [3.8, 4) is 22.9 Å². The number of ether oxygens (including phenoxy) is 2. The van der Waals surface area contributed by atoms with Crippen molar-refractivity contribution >= 4 is 23.4 Å². The third-order valence-corrected chi connectivity index (χ3v) is 6.46. The number of hydrogen-bond donors (Lipinski definition) is 1. The van der Waals surface area contributed by atoms with Gasteiger partial charge >= 0.3 is 0 Å². The molecule has 3 aromatic rings. The van der Waals surface area contributed by atoms with Crippen molar-refractivity contribution in [2.24, 2.45) is 0 Å². The van der Waals surface area contributed by atoms with Crippen LogP contribution in [0.4, 0.5) is 5.69 Å². The quantitative estimate of drug-likeness (QED) is 0.542. The van der Waals surface area contributed by atoms with E-state index in [-0.39, 0.29) is 11.7 Å². The highest BCUT2D eigenvalue weighted by atomic mass is 32.2. The molecule has 1 aliphatic rings. The number of aromatic nitrogens is 3. The molecule has 0 atom stereocenters. The van der Waals surface area contributed by atoms with Crippen LogP contribution < -0.4 is 14.8 Å². The van der Waals surface area contributed by atoms with Crippen LogP contribution in [-0.2, 0) is 11.3 Å². The zero-order valence-electron chi connectivity index (χ0n) is 18.9. The number of carbonyl (C=O) groups excluding carboxylic acids is 1. The molecular weight excluding hydrogens is 424 g/mol. The van der Waals surface area contributed by atoms with Crippen molar-refractivity contribution in [1.29, 1.82) is 0 Å². The first-order chi connectivity index (χ1) is 15.5. The van der Waals surface area contributed by atoms with E-state index in [0.29, 0.717) is 24.9 Å². The molecule has 1 aromatic heterocycles. The summed E-state index contributed by atoms with van der Waals surface area (Å²) in [4.78, 5) is 12.5. The smallest absolute Gasteiger partial charge is 0.234 e. The number of aryl methyl sites for hydroxylation is 3. The van der Waals surface area contributed by atoms with E-state index in [1.807, 2.05) is 55.7 Å². The normalized spacial score (nSPS) is 13.0. The van der Waals surface area contributed by atoms with Crippen LogP contribution in [0.25, 0.3) is 11.4 Å². The summed E-state index contributed by atoms with van der Waals surface area (Å²) < 4.78 is 13.7. The van der Waals surface area contributed by atoms with Gasteiger partial charge in [-0.15, -0.1) is 10.2 Å². The van der Waals surface area contributed by atoms with Gasteiger partial charge in [0, 0.05) is 24.2 Å². The molecule has 0 bridgehead atoms. The number of carbonyl (C=O) groups is 1. The van der Waals surface area contributed by atoms with Crippen LogP contribution in [0, 0.1) is 20.8 Å². The van der Waals surface area contributed by atoms with E-state index in [0.717, 1.165) is 46.1 Å². The number of fused-ring (bicyclic) bond motifs is 1. The maximum Gasteiger partial charge on any atom is 0.234 e. The second-order valence-corrected chi connectivity index (χ2v) is 8.79. The van der Waals surface area contributed by atoms with Crippen LogP contribution in [0.15, 0.2) is 35.5 Å². The number of rotatable bonds is 6. The predicted octanol–water partition coefficient (Wildman–Crippen LogP) is 4.78. The molecule has 2 aromatic carbocycles. The summed E-state index contributed by atoms with van der Waals surface area (Å²) in [6.07, 6.45) is 0.860. The fourth-order valence-electron chi connectivity index (χ4n) is 3.58. The molecule has 0 spiro atoms. The molecule has 4 rings (SSSR count). The average molecular weight is 453 g/mol. The molecule has 1 aliphatic heterocycles. The summed E-state index contributed by atoms with van der Waals surface area (Å²) in [5.41, 5.74) is 5.15. The molecule has 0 fully saturated rings. The Bertz CT molecular complexity index is 1140. The minimum Gasteiger partial charge on any atom is -0.490 e. The Morgan fingerprint density at radius 2 is 1.78 bits per heavy atom. The first kappa shape index (κ1) is 22.2. The van der Waals surface area contributed by atoms with Crippen LogP contribution in [0.5, 0.6) is 11.5 Å². The summed E-state index contributed by atoms with van der Waals surface area (Å²) in [5, 5.41) is 12.5. The molecule has 32 heavy (non-hydrogen) atoms. The van der Waals surface area contributed by atoms with Gasteiger partial charge in [0.15, 0.2) is 22.5 Å². The number of hydrogen-bond acceptors (Lipinski definition) is 6. The molecule has 168 valence electrons. The molecule has 7 nitrogen and oxygen atoms in total. The van der Waals surface area contributed by atoms with Crippen LogP contribution in [0.3, 0.4) is 0 Å². The maximum atomic E-state index is 12.5. The van der Waals surface area contributed by atoms with Crippen molar-refractivity contribution in [2.45, 2.75) is 45.8 Å². The van der Waals surface area contributed by atoms with Crippen LogP contribution in [-0.4, -0.2) is 39.6 Å². The SMILES string of the molecule is CCn1c(SCC(=O)Nc2ccc(C)c(C)c2)nnc1-c1cc2c(cc1C)OCCCO2. The topological polar surface area (TPSA) is 78.3 Å². The van der Waals surface area contributed by atoms with E-state index < -0.39 is 0 Å². The third-order valence-electron chi connectivity index (χ3n) is 5.49. The molecule has 1 N–H and O–H groups in total. The summed E-state index contributed by atoms with van der Waals surface area (Å²) in [6.45, 7) is 10.1. The van der Waals surface area contributed by atoms with E-state index in [9.17, 15) is 4.79 Å². The van der Waals surface area contributed by atoms with Gasteiger partial charge in [-0.05, 0) is 68.7 Å². The highest BCUT2D eigenvalue weighted by Gasteiger charge is 2.20. The molecule has 0 unspecified atom stereocenters. The van der Waals surface area contributed by atoms with Gasteiger partial charge in [-0.25, -0.2) is 0 Å². The van der Waals surface area contributed by atoms with Crippen LogP contribution in [0.1, 0.15) is 30.0 Å². The number of nitrogens with one attached hydrogen (secondary N) is 1. The van der Waals surface area contributed by atoms with Crippen molar-refractivity contribution in [2.75, 3.05) is 24.3 Å². The molecule has 0 aliphatic carbocycles. The van der Waals surface area contributed by atoms with E-state index in [1.165, 1.54) is 17.3 Å². The van der Waals surface area contributed by atoms with Crippen LogP contribution >= 0.6 is 11.8 Å². The molecule has 2 heterocycles. The lowest BCUT2D eigenvalue weighted by atomic mass is 10.1. The fraction of sp³-hybridized carbons (Fsp3) is 0.375. The molecule has 8 heteroatoms. The van der Waals surface area contributed by atoms with Gasteiger partial charge in [0.05, 0.1) is 19.0 Å². The molecule has 1 amide bonds. The molecule has 0 radical (unpaired) electrons. The fourth-order valence-corrected chi connectivity index (χ4v) is 4.38. The lowest BCUT2D eigenvalue weighted by molar-refractivity contribution is -0.113. The van der Waals surface area contributed by atoms with Gasteiger partial charge in [0.1, 0.15) is 0 Å². The Labute approximate surface area is 192 Å². The second-order valence-electron chi connectivity index (χ2n) is 7.85. The standard InChI is InChI=1S/C24H28N4O3S/c1-5-28-23(19-13-21-20(12-17(19)4)30-9-6-10-31-21)26-27-24(28)32-14-22(29)25-18-8-7-15(2)16(3)11-18/h7-8,11-13H,5-6,9-10,14H2,1-4H3,(H,25,29). The third kappa shape index (κ3) is 4.75. The minimum atomic E-state index is -0.0720. The van der Waals surface area contributed by atoms with Crippen molar-refractivity contribution in [3.05, 3.63) is 47.0 Å². The molecule has 0 saturated carbocycles. The van der Waals surface area contributed by atoms with Gasteiger partial charge in [0.2, 0.25) is 5.91 Å². The van der Waals surface area contributed by atoms with Crippen molar-refractivity contribution < 1.29 is 14.3 Å². The monoisotopic (exact) mass is 452 g/mol.